The predicted molar refractivity (Wildman–Crippen MR) is 56.3 cm³/mol. The highest BCUT2D eigenvalue weighted by Crippen LogP contribution is 2.11. The van der Waals surface area contributed by atoms with E-state index in [2.05, 4.69) is 11.9 Å². The van der Waals surface area contributed by atoms with E-state index in [0.29, 0.717) is 17.9 Å². The van der Waals surface area contributed by atoms with Gasteiger partial charge in [-0.25, -0.2) is 5.84 Å². The number of nitrogens with one attached hydrogen (secondary N) is 1. The molecular formula is C10H15N3O2. The molecule has 1 rings (SSSR count). The topological polar surface area (TPSA) is 77.2 Å². The van der Waals surface area contributed by atoms with E-state index in [1.54, 1.807) is 12.3 Å². The number of aromatic nitrogens is 1. The largest absolute Gasteiger partial charge is 0.492 e. The molecule has 0 fully saturated rings. The molecular weight excluding hydrogens is 194 g/mol. The Hall–Kier alpha value is -1.62. The van der Waals surface area contributed by atoms with Gasteiger partial charge >= 0.3 is 0 Å². The number of hydrogen-bond donors (Lipinski definition) is 2. The van der Waals surface area contributed by atoms with E-state index in [-0.39, 0.29) is 5.91 Å². The Bertz CT molecular complexity index is 328. The van der Waals surface area contributed by atoms with E-state index in [4.69, 9.17) is 10.6 Å². The highest BCUT2D eigenvalue weighted by molar-refractivity contribution is 5.93. The summed E-state index contributed by atoms with van der Waals surface area (Å²) in [5, 5.41) is 0. The lowest BCUT2D eigenvalue weighted by Gasteiger charge is -2.05. The van der Waals surface area contributed by atoms with Crippen LogP contribution in [0.15, 0.2) is 18.5 Å². The zero-order valence-electron chi connectivity index (χ0n) is 8.69. The maximum absolute atomic E-state index is 11.2. The van der Waals surface area contributed by atoms with Crippen LogP contribution in [0.25, 0.3) is 0 Å². The molecule has 5 heteroatoms. The van der Waals surface area contributed by atoms with Gasteiger partial charge in [0, 0.05) is 6.20 Å². The molecule has 0 radical (unpaired) electrons. The number of nitrogens with two attached hydrogens (primary N) is 1. The van der Waals surface area contributed by atoms with Crippen molar-refractivity contribution in [2.45, 2.75) is 19.8 Å². The zero-order valence-corrected chi connectivity index (χ0v) is 8.69. The van der Waals surface area contributed by atoms with Crippen molar-refractivity contribution >= 4 is 5.91 Å². The van der Waals surface area contributed by atoms with Gasteiger partial charge in [0.15, 0.2) is 0 Å². The van der Waals surface area contributed by atoms with E-state index in [1.165, 1.54) is 6.20 Å². The van der Waals surface area contributed by atoms with E-state index < -0.39 is 0 Å². The molecule has 1 heterocycles. The Morgan fingerprint density at radius 1 is 1.60 bits per heavy atom. The van der Waals surface area contributed by atoms with Gasteiger partial charge in [0.2, 0.25) is 0 Å². The Morgan fingerprint density at radius 3 is 3.07 bits per heavy atom. The van der Waals surface area contributed by atoms with Gasteiger partial charge in [-0.05, 0) is 12.5 Å². The SMILES string of the molecule is CCCCOc1cncc(C(=O)NN)c1. The third kappa shape index (κ3) is 3.55. The van der Waals surface area contributed by atoms with Crippen LogP contribution in [0.2, 0.25) is 0 Å². The van der Waals surface area contributed by atoms with Crippen molar-refractivity contribution in [1.82, 2.24) is 10.4 Å². The molecule has 15 heavy (non-hydrogen) atoms. The van der Waals surface area contributed by atoms with Crippen LogP contribution >= 0.6 is 0 Å². The number of rotatable bonds is 5. The van der Waals surface area contributed by atoms with Crippen molar-refractivity contribution in [3.8, 4) is 5.75 Å². The first kappa shape index (κ1) is 11.5. The number of nitrogen functional groups attached to an aromatic ring is 1. The highest BCUT2D eigenvalue weighted by atomic mass is 16.5. The molecule has 0 saturated heterocycles. The number of nitrogens with zero attached hydrogens (tertiary/aromatic N) is 1. The van der Waals surface area contributed by atoms with E-state index >= 15 is 0 Å². The van der Waals surface area contributed by atoms with Crippen LogP contribution in [0, 0.1) is 0 Å². The Labute approximate surface area is 88.6 Å². The molecule has 0 aliphatic rings. The van der Waals surface area contributed by atoms with Crippen molar-refractivity contribution in [2.24, 2.45) is 5.84 Å². The average molecular weight is 209 g/mol. The minimum Gasteiger partial charge on any atom is -0.492 e. The molecule has 0 aromatic carbocycles. The molecule has 1 aromatic rings. The van der Waals surface area contributed by atoms with Gasteiger partial charge in [-0.2, -0.15) is 0 Å². The minimum absolute atomic E-state index is 0.372. The van der Waals surface area contributed by atoms with Crippen molar-refractivity contribution in [1.29, 1.82) is 0 Å². The zero-order chi connectivity index (χ0) is 11.1. The fourth-order valence-electron chi connectivity index (χ4n) is 1.04. The second-order valence-electron chi connectivity index (χ2n) is 3.08. The molecule has 0 spiro atoms. The summed E-state index contributed by atoms with van der Waals surface area (Å²) in [6.07, 6.45) is 5.06. The fraction of sp³-hybridized carbons (Fsp3) is 0.400. The molecule has 0 bridgehead atoms. The number of pyridine rings is 1. The molecule has 0 aliphatic heterocycles. The number of amides is 1. The Balaban J connectivity index is 2.62. The molecule has 1 aromatic heterocycles. The minimum atomic E-state index is -0.372. The lowest BCUT2D eigenvalue weighted by Crippen LogP contribution is -2.30. The summed E-state index contributed by atoms with van der Waals surface area (Å²) in [5.74, 6) is 5.22. The molecule has 3 N–H and O–H groups in total. The van der Waals surface area contributed by atoms with Gasteiger partial charge in [-0.3, -0.25) is 15.2 Å². The standard InChI is InChI=1S/C10H15N3O2/c1-2-3-4-15-9-5-8(6-12-7-9)10(14)13-11/h5-7H,2-4,11H2,1H3,(H,13,14). The Kier molecular flexibility index (Phi) is 4.56. The first-order valence-electron chi connectivity index (χ1n) is 4.86. The molecule has 0 unspecified atom stereocenters. The second kappa shape index (κ2) is 5.98. The maximum atomic E-state index is 11.2. The number of hydrogen-bond acceptors (Lipinski definition) is 4. The molecule has 0 aliphatic carbocycles. The van der Waals surface area contributed by atoms with Crippen molar-refractivity contribution in [3.63, 3.8) is 0 Å². The van der Waals surface area contributed by atoms with Crippen molar-refractivity contribution in [3.05, 3.63) is 24.0 Å². The first-order chi connectivity index (χ1) is 7.27. The van der Waals surface area contributed by atoms with Gasteiger partial charge in [-0.1, -0.05) is 13.3 Å². The van der Waals surface area contributed by atoms with E-state index in [9.17, 15) is 4.79 Å². The molecule has 0 saturated carbocycles. The van der Waals surface area contributed by atoms with Gasteiger partial charge < -0.3 is 4.74 Å². The maximum Gasteiger partial charge on any atom is 0.266 e. The van der Waals surface area contributed by atoms with Crippen molar-refractivity contribution < 1.29 is 9.53 Å². The van der Waals surface area contributed by atoms with Crippen molar-refractivity contribution in [2.75, 3.05) is 6.61 Å². The monoisotopic (exact) mass is 209 g/mol. The van der Waals surface area contributed by atoms with Gasteiger partial charge in [0.1, 0.15) is 5.75 Å². The summed E-state index contributed by atoms with van der Waals surface area (Å²) >= 11 is 0. The smallest absolute Gasteiger partial charge is 0.266 e. The number of ether oxygens (including phenoxy) is 1. The number of carbonyl (C=O) groups excluding carboxylic acids is 1. The summed E-state index contributed by atoms with van der Waals surface area (Å²) in [4.78, 5) is 15.1. The normalized spacial score (nSPS) is 9.73. The summed E-state index contributed by atoms with van der Waals surface area (Å²) < 4.78 is 5.40. The van der Waals surface area contributed by atoms with Gasteiger partial charge in [-0.15, -0.1) is 0 Å². The summed E-state index contributed by atoms with van der Waals surface area (Å²) in [6.45, 7) is 2.71. The Morgan fingerprint density at radius 2 is 2.40 bits per heavy atom. The van der Waals surface area contributed by atoms with E-state index in [0.717, 1.165) is 12.8 Å². The molecule has 0 atom stereocenters. The summed E-state index contributed by atoms with van der Waals surface area (Å²) in [5.41, 5.74) is 2.44. The van der Waals surface area contributed by atoms with Crippen LogP contribution in [-0.2, 0) is 0 Å². The third-order valence-corrected chi connectivity index (χ3v) is 1.87. The van der Waals surface area contributed by atoms with Crippen LogP contribution < -0.4 is 16.0 Å². The molecule has 82 valence electrons. The average Bonchev–Trinajstić information content (AvgIpc) is 2.29. The second-order valence-corrected chi connectivity index (χ2v) is 3.08. The molecule has 5 nitrogen and oxygen atoms in total. The van der Waals surface area contributed by atoms with E-state index in [1.807, 2.05) is 5.43 Å². The van der Waals surface area contributed by atoms with Crippen LogP contribution in [0.5, 0.6) is 5.75 Å². The summed E-state index contributed by atoms with van der Waals surface area (Å²) in [6, 6.07) is 1.62. The highest BCUT2D eigenvalue weighted by Gasteiger charge is 2.04. The van der Waals surface area contributed by atoms with Gasteiger partial charge in [0.05, 0.1) is 18.4 Å². The van der Waals surface area contributed by atoms with Crippen LogP contribution in [-0.4, -0.2) is 17.5 Å². The third-order valence-electron chi connectivity index (χ3n) is 1.87. The number of unbranched alkanes of at least 4 members (excludes halogenated alkanes) is 1. The first-order valence-corrected chi connectivity index (χ1v) is 4.86. The molecule has 1 amide bonds. The van der Waals surface area contributed by atoms with Crippen LogP contribution in [0.4, 0.5) is 0 Å². The lowest BCUT2D eigenvalue weighted by molar-refractivity contribution is 0.0953. The quantitative estimate of drug-likeness (QED) is 0.326. The number of carbonyl (C=O) groups is 1. The fourth-order valence-corrected chi connectivity index (χ4v) is 1.04. The predicted octanol–water partition coefficient (Wildman–Crippen LogP) is 0.864. The number of hydrazine groups is 1. The van der Waals surface area contributed by atoms with Crippen LogP contribution in [0.3, 0.4) is 0 Å². The van der Waals surface area contributed by atoms with Crippen LogP contribution in [0.1, 0.15) is 30.1 Å². The lowest BCUT2D eigenvalue weighted by atomic mass is 10.2. The van der Waals surface area contributed by atoms with Gasteiger partial charge in [0.25, 0.3) is 5.91 Å². The summed E-state index contributed by atoms with van der Waals surface area (Å²) in [7, 11) is 0.